The van der Waals surface area contributed by atoms with Crippen LogP contribution in [0.3, 0.4) is 0 Å². The summed E-state index contributed by atoms with van der Waals surface area (Å²) in [7, 11) is 0. The molecule has 0 spiro atoms. The lowest BCUT2D eigenvalue weighted by atomic mass is 10.0. The van der Waals surface area contributed by atoms with Crippen LogP contribution in [0.4, 0.5) is 8.78 Å². The number of rotatable bonds is 10. The highest BCUT2D eigenvalue weighted by molar-refractivity contribution is 5.92. The van der Waals surface area contributed by atoms with Crippen LogP contribution < -0.4 is 9.47 Å². The number of piperidine rings is 1. The van der Waals surface area contributed by atoms with Crippen LogP contribution in [0.15, 0.2) is 42.6 Å². The number of aromatic carboxylic acids is 1. The minimum atomic E-state index is -0.990. The van der Waals surface area contributed by atoms with Crippen LogP contribution in [-0.2, 0) is 17.9 Å². The van der Waals surface area contributed by atoms with Crippen LogP contribution in [0.5, 0.6) is 11.6 Å². The number of ether oxygens (including phenoxy) is 3. The van der Waals surface area contributed by atoms with Crippen molar-refractivity contribution in [2.45, 2.75) is 57.6 Å². The molecule has 4 aromatic rings. The molecule has 228 valence electrons. The zero-order valence-corrected chi connectivity index (χ0v) is 23.9. The normalized spacial score (nSPS) is 18.0. The summed E-state index contributed by atoms with van der Waals surface area (Å²) >= 11 is 0. The molecule has 11 nitrogen and oxygen atoms in total. The number of aromatic nitrogens is 4. The molecular weight excluding hydrogens is 574 g/mol. The Balaban J connectivity index is 1.10. The van der Waals surface area contributed by atoms with Crippen molar-refractivity contribution in [1.82, 2.24) is 24.4 Å². The van der Waals surface area contributed by atoms with E-state index in [4.69, 9.17) is 24.5 Å². The number of carboxylic acids is 1. The number of imidazole rings is 1. The summed E-state index contributed by atoms with van der Waals surface area (Å²) in [4.78, 5) is 26.8. The number of carbonyl (C=O) groups is 1. The van der Waals surface area contributed by atoms with E-state index in [1.165, 1.54) is 12.1 Å². The van der Waals surface area contributed by atoms with E-state index in [2.05, 4.69) is 26.4 Å². The maximum Gasteiger partial charge on any atom is 0.335 e. The molecule has 0 radical (unpaired) electrons. The lowest BCUT2D eigenvalue weighted by Crippen LogP contribution is -2.39. The summed E-state index contributed by atoms with van der Waals surface area (Å²) in [5.41, 5.74) is 1.87. The third kappa shape index (κ3) is 6.17. The van der Waals surface area contributed by atoms with E-state index in [-0.39, 0.29) is 53.4 Å². The molecule has 2 aliphatic rings. The van der Waals surface area contributed by atoms with Crippen LogP contribution in [0, 0.1) is 23.0 Å². The highest BCUT2D eigenvalue weighted by Gasteiger charge is 2.31. The molecule has 0 bridgehead atoms. The maximum atomic E-state index is 14.5. The van der Waals surface area contributed by atoms with Gasteiger partial charge in [0.15, 0.2) is 17.4 Å². The van der Waals surface area contributed by atoms with Gasteiger partial charge in [-0.1, -0.05) is 0 Å². The van der Waals surface area contributed by atoms with E-state index < -0.39 is 17.6 Å². The van der Waals surface area contributed by atoms with Crippen LogP contribution in [0.2, 0.25) is 0 Å². The molecule has 0 saturated carbocycles. The lowest BCUT2D eigenvalue weighted by molar-refractivity contribution is -0.0762. The standard InChI is InChI=1S/C31H30F2N6O5/c1-18(26-8-11-42-26)39-25-13-20(31(40)41)3-4-24(25)36-29(39)16-38-9-6-21(7-10-38)44-30-23(33)15-35-28(37-30)17-43-27-5-2-19(14-34)12-22(27)32/h2-5,12-13,15,18,21,26H,6-11,16-17H2,1H3,(H,40,41)/t18-,26+/m1/s1. The topological polar surface area (TPSA) is 136 Å². The molecule has 0 unspecified atom stereocenters. The Kier molecular flexibility index (Phi) is 8.36. The summed E-state index contributed by atoms with van der Waals surface area (Å²) in [5, 5.41) is 18.4. The summed E-state index contributed by atoms with van der Waals surface area (Å²) in [5.74, 6) is -1.70. The minimum Gasteiger partial charge on any atom is -0.483 e. The van der Waals surface area contributed by atoms with Gasteiger partial charge < -0.3 is 23.9 Å². The average molecular weight is 605 g/mol. The van der Waals surface area contributed by atoms with Crippen LogP contribution in [-0.4, -0.2) is 67.4 Å². The fourth-order valence-corrected chi connectivity index (χ4v) is 5.55. The Labute approximate surface area is 251 Å². The third-order valence-electron chi connectivity index (χ3n) is 8.05. The van der Waals surface area contributed by atoms with Crippen molar-refractivity contribution in [1.29, 1.82) is 5.26 Å². The van der Waals surface area contributed by atoms with Crippen molar-refractivity contribution in [2.24, 2.45) is 0 Å². The smallest absolute Gasteiger partial charge is 0.335 e. The second-order valence-electron chi connectivity index (χ2n) is 10.9. The number of nitriles is 1. The van der Waals surface area contributed by atoms with Gasteiger partial charge in [-0.25, -0.2) is 19.2 Å². The highest BCUT2D eigenvalue weighted by atomic mass is 19.1. The molecule has 1 N–H and O–H groups in total. The second kappa shape index (κ2) is 12.5. The Morgan fingerprint density at radius 2 is 1.95 bits per heavy atom. The van der Waals surface area contributed by atoms with Crippen molar-refractivity contribution in [3.05, 3.63) is 77.0 Å². The number of hydrogen-bond acceptors (Lipinski definition) is 9. The molecule has 6 rings (SSSR count). The molecule has 2 fully saturated rings. The van der Waals surface area contributed by atoms with Gasteiger partial charge in [0, 0.05) is 19.7 Å². The highest BCUT2D eigenvalue weighted by Crippen LogP contribution is 2.31. The number of benzene rings is 2. The molecule has 0 aliphatic carbocycles. The Morgan fingerprint density at radius 3 is 2.64 bits per heavy atom. The molecule has 2 aromatic carbocycles. The zero-order chi connectivity index (χ0) is 30.8. The van der Waals surface area contributed by atoms with Crippen molar-refractivity contribution < 1.29 is 32.9 Å². The maximum absolute atomic E-state index is 14.5. The molecule has 2 aliphatic heterocycles. The van der Waals surface area contributed by atoms with Crippen LogP contribution in [0.1, 0.15) is 59.8 Å². The van der Waals surface area contributed by atoms with Gasteiger partial charge >= 0.3 is 5.97 Å². The predicted octanol–water partition coefficient (Wildman–Crippen LogP) is 4.65. The van der Waals surface area contributed by atoms with E-state index in [1.807, 2.05) is 6.07 Å². The van der Waals surface area contributed by atoms with Gasteiger partial charge in [-0.15, -0.1) is 0 Å². The fourth-order valence-electron chi connectivity index (χ4n) is 5.55. The van der Waals surface area contributed by atoms with Gasteiger partial charge in [0.25, 0.3) is 5.88 Å². The SMILES string of the molecule is C[C@H]([C@@H]1CCO1)n1c(CN2CCC(Oc3nc(COc4ccc(C#N)cc4F)ncc3F)CC2)nc2ccc(C(=O)O)cc21. The summed E-state index contributed by atoms with van der Waals surface area (Å²) in [6, 6.07) is 10.6. The quantitative estimate of drug-likeness (QED) is 0.273. The number of hydrogen-bond donors (Lipinski definition) is 1. The Hall–Kier alpha value is -4.67. The zero-order valence-electron chi connectivity index (χ0n) is 23.9. The summed E-state index contributed by atoms with van der Waals surface area (Å²) in [6.07, 6.45) is 2.94. The van der Waals surface area contributed by atoms with Gasteiger partial charge in [0.1, 0.15) is 18.5 Å². The van der Waals surface area contributed by atoms with Gasteiger partial charge in [-0.3, -0.25) is 4.90 Å². The summed E-state index contributed by atoms with van der Waals surface area (Å²) in [6.45, 7) is 4.46. The van der Waals surface area contributed by atoms with Crippen LogP contribution in [0.25, 0.3) is 11.0 Å². The van der Waals surface area contributed by atoms with Crippen LogP contribution >= 0.6 is 0 Å². The molecule has 0 amide bonds. The van der Waals surface area contributed by atoms with Gasteiger partial charge in [0.2, 0.25) is 5.82 Å². The number of carboxylic acid groups (broad SMARTS) is 1. The molecule has 2 aromatic heterocycles. The van der Waals surface area contributed by atoms with Crippen molar-refractivity contribution in [3.63, 3.8) is 0 Å². The van der Waals surface area contributed by atoms with Crippen molar-refractivity contribution in [3.8, 4) is 17.7 Å². The van der Waals surface area contributed by atoms with E-state index in [0.717, 1.165) is 35.5 Å². The molecule has 2 saturated heterocycles. The monoisotopic (exact) mass is 604 g/mol. The number of nitrogens with zero attached hydrogens (tertiary/aromatic N) is 6. The van der Waals surface area contributed by atoms with Crippen molar-refractivity contribution in [2.75, 3.05) is 19.7 Å². The van der Waals surface area contributed by atoms with E-state index in [1.54, 1.807) is 18.2 Å². The first-order valence-corrected chi connectivity index (χ1v) is 14.4. The molecule has 2 atom stereocenters. The number of halogens is 2. The molecule has 44 heavy (non-hydrogen) atoms. The van der Waals surface area contributed by atoms with Gasteiger partial charge in [-0.05, 0) is 62.6 Å². The first kappa shape index (κ1) is 29.4. The Bertz CT molecular complexity index is 1730. The summed E-state index contributed by atoms with van der Waals surface area (Å²) < 4.78 is 47.9. The van der Waals surface area contributed by atoms with Gasteiger partial charge in [-0.2, -0.15) is 14.6 Å². The molecule has 4 heterocycles. The fraction of sp³-hybridized carbons (Fsp3) is 0.387. The first-order valence-electron chi connectivity index (χ1n) is 14.4. The molecular formula is C31H30F2N6O5. The minimum absolute atomic E-state index is 0.0130. The van der Waals surface area contributed by atoms with E-state index in [0.29, 0.717) is 39.1 Å². The second-order valence-corrected chi connectivity index (χ2v) is 10.9. The molecule has 13 heteroatoms. The Morgan fingerprint density at radius 1 is 1.16 bits per heavy atom. The van der Waals surface area contributed by atoms with Crippen molar-refractivity contribution >= 4 is 17.0 Å². The number of fused-ring (bicyclic) bond motifs is 1. The first-order chi connectivity index (χ1) is 21.3. The van der Waals surface area contributed by atoms with E-state index in [9.17, 15) is 18.7 Å². The van der Waals surface area contributed by atoms with E-state index >= 15 is 0 Å². The number of likely N-dealkylation sites (tertiary alicyclic amines) is 1. The lowest BCUT2D eigenvalue weighted by Gasteiger charge is -2.35. The largest absolute Gasteiger partial charge is 0.483 e. The van der Waals surface area contributed by atoms with Gasteiger partial charge in [0.05, 0.1) is 53.1 Å². The average Bonchev–Trinajstić information content (AvgIpc) is 3.35. The predicted molar refractivity (Wildman–Crippen MR) is 152 cm³/mol. The third-order valence-corrected chi connectivity index (χ3v) is 8.05.